The van der Waals surface area contributed by atoms with Gasteiger partial charge < -0.3 is 5.11 Å². The number of aliphatic hydroxyl groups is 1. The minimum Gasteiger partial charge on any atom is -0.387 e. The summed E-state index contributed by atoms with van der Waals surface area (Å²) in [6.45, 7) is 4.11. The van der Waals surface area contributed by atoms with E-state index in [0.29, 0.717) is 0 Å². The molecule has 2 heterocycles. The molecule has 1 saturated heterocycles. The van der Waals surface area contributed by atoms with Gasteiger partial charge in [-0.3, -0.25) is 4.98 Å². The molecule has 1 aliphatic rings. The third-order valence-electron chi connectivity index (χ3n) is 3.08. The average molecular weight is 223 g/mol. The monoisotopic (exact) mass is 223 g/mol. The van der Waals surface area contributed by atoms with Crippen LogP contribution < -0.4 is 0 Å². The molecule has 0 radical (unpaired) electrons. The Morgan fingerprint density at radius 3 is 2.87 bits per heavy atom. The lowest BCUT2D eigenvalue weighted by atomic mass is 9.94. The minimum atomic E-state index is -0.391. The summed E-state index contributed by atoms with van der Waals surface area (Å²) in [6, 6.07) is 3.94. The molecule has 1 N–H and O–H groups in total. The van der Waals surface area contributed by atoms with Gasteiger partial charge in [0.05, 0.1) is 6.10 Å². The Balaban J connectivity index is 2.19. The van der Waals surface area contributed by atoms with Crippen molar-refractivity contribution in [1.29, 1.82) is 0 Å². The predicted molar refractivity (Wildman–Crippen MR) is 64.0 cm³/mol. The molecule has 0 amide bonds. The van der Waals surface area contributed by atoms with E-state index in [1.807, 2.05) is 30.8 Å². The Morgan fingerprint density at radius 2 is 2.33 bits per heavy atom. The van der Waals surface area contributed by atoms with Gasteiger partial charge in [0.15, 0.2) is 0 Å². The van der Waals surface area contributed by atoms with Crippen LogP contribution in [-0.4, -0.2) is 20.6 Å². The maximum Gasteiger partial charge on any atom is 0.0948 e. The van der Waals surface area contributed by atoms with Crippen molar-refractivity contribution in [3.8, 4) is 0 Å². The molecule has 0 aliphatic carbocycles. The molecule has 2 unspecified atom stereocenters. The highest BCUT2D eigenvalue weighted by Gasteiger charge is 2.37. The number of aromatic nitrogens is 1. The third kappa shape index (κ3) is 2.18. The quantitative estimate of drug-likeness (QED) is 0.837. The van der Waals surface area contributed by atoms with E-state index < -0.39 is 6.10 Å². The molecule has 15 heavy (non-hydrogen) atoms. The largest absolute Gasteiger partial charge is 0.387 e. The molecular weight excluding hydrogens is 206 g/mol. The zero-order valence-electron chi connectivity index (χ0n) is 9.23. The normalized spacial score (nSPS) is 27.9. The van der Waals surface area contributed by atoms with Gasteiger partial charge in [-0.2, -0.15) is 11.8 Å². The summed E-state index contributed by atoms with van der Waals surface area (Å²) in [5.74, 6) is 1.16. The summed E-state index contributed by atoms with van der Waals surface area (Å²) in [7, 11) is 0. The molecule has 1 aromatic rings. The summed E-state index contributed by atoms with van der Waals surface area (Å²) >= 11 is 1.87. The molecule has 2 atom stereocenters. The molecule has 0 aromatic carbocycles. The summed E-state index contributed by atoms with van der Waals surface area (Å²) < 4.78 is -0.0169. The van der Waals surface area contributed by atoms with Crippen LogP contribution in [0.2, 0.25) is 0 Å². The number of hydrogen-bond donors (Lipinski definition) is 1. The summed E-state index contributed by atoms with van der Waals surface area (Å²) in [5, 5.41) is 10.3. The minimum absolute atomic E-state index is 0.0169. The van der Waals surface area contributed by atoms with Crippen LogP contribution in [0, 0.1) is 6.92 Å². The predicted octanol–water partition coefficient (Wildman–Crippen LogP) is 2.71. The summed E-state index contributed by atoms with van der Waals surface area (Å²) in [6.07, 6.45) is 3.70. The number of aliphatic hydroxyl groups excluding tert-OH is 1. The molecule has 3 heteroatoms. The second-order valence-electron chi connectivity index (χ2n) is 4.40. The van der Waals surface area contributed by atoms with E-state index in [1.54, 1.807) is 6.20 Å². The number of pyridine rings is 1. The van der Waals surface area contributed by atoms with Crippen molar-refractivity contribution in [3.63, 3.8) is 0 Å². The van der Waals surface area contributed by atoms with E-state index in [4.69, 9.17) is 0 Å². The molecule has 2 rings (SSSR count). The van der Waals surface area contributed by atoms with Gasteiger partial charge in [0.1, 0.15) is 0 Å². The molecule has 1 aromatic heterocycles. The lowest BCUT2D eigenvalue weighted by Gasteiger charge is -2.29. The smallest absolute Gasteiger partial charge is 0.0948 e. The van der Waals surface area contributed by atoms with Crippen LogP contribution in [-0.2, 0) is 0 Å². The maximum atomic E-state index is 10.3. The van der Waals surface area contributed by atoms with Crippen molar-refractivity contribution in [3.05, 3.63) is 29.6 Å². The fourth-order valence-electron chi connectivity index (χ4n) is 2.01. The number of aryl methyl sites for hydroxylation is 1. The highest BCUT2D eigenvalue weighted by Crippen LogP contribution is 2.46. The molecule has 0 spiro atoms. The van der Waals surface area contributed by atoms with Gasteiger partial charge in [0, 0.05) is 22.2 Å². The molecular formula is C12H17NOS. The number of thioether (sulfide) groups is 1. The van der Waals surface area contributed by atoms with Crippen LogP contribution in [0.5, 0.6) is 0 Å². The third-order valence-corrected chi connectivity index (χ3v) is 4.66. The van der Waals surface area contributed by atoms with Gasteiger partial charge in [-0.15, -0.1) is 0 Å². The standard InChI is InChI=1S/C12H17NOS/c1-9-4-5-10(8-13-9)11(14)12(2)6-3-7-15-12/h4-5,8,11,14H,3,6-7H2,1-2H3. The van der Waals surface area contributed by atoms with Crippen LogP contribution in [0.4, 0.5) is 0 Å². The van der Waals surface area contributed by atoms with Crippen molar-refractivity contribution in [2.75, 3.05) is 5.75 Å². The van der Waals surface area contributed by atoms with Crippen molar-refractivity contribution >= 4 is 11.8 Å². The number of hydrogen-bond acceptors (Lipinski definition) is 3. The SMILES string of the molecule is Cc1ccc(C(O)C2(C)CCCS2)cn1. The van der Waals surface area contributed by atoms with E-state index in [-0.39, 0.29) is 4.75 Å². The molecule has 82 valence electrons. The Morgan fingerprint density at radius 1 is 1.53 bits per heavy atom. The van der Waals surface area contributed by atoms with E-state index in [9.17, 15) is 5.11 Å². The van der Waals surface area contributed by atoms with Crippen LogP contribution in [0.1, 0.15) is 37.1 Å². The van der Waals surface area contributed by atoms with E-state index in [0.717, 1.165) is 23.4 Å². The van der Waals surface area contributed by atoms with Crippen molar-refractivity contribution < 1.29 is 5.11 Å². The zero-order valence-corrected chi connectivity index (χ0v) is 10.0. The second kappa shape index (κ2) is 4.14. The zero-order chi connectivity index (χ0) is 10.9. The van der Waals surface area contributed by atoms with Gasteiger partial charge in [-0.25, -0.2) is 0 Å². The van der Waals surface area contributed by atoms with Crippen molar-refractivity contribution in [1.82, 2.24) is 4.98 Å². The summed E-state index contributed by atoms with van der Waals surface area (Å²) in [5.41, 5.74) is 1.94. The van der Waals surface area contributed by atoms with E-state index >= 15 is 0 Å². The Hall–Kier alpha value is -0.540. The fraction of sp³-hybridized carbons (Fsp3) is 0.583. The van der Waals surface area contributed by atoms with Gasteiger partial charge in [-0.05, 0) is 38.5 Å². The highest BCUT2D eigenvalue weighted by atomic mass is 32.2. The van der Waals surface area contributed by atoms with Gasteiger partial charge in [0.25, 0.3) is 0 Å². The molecule has 0 saturated carbocycles. The first-order valence-corrected chi connectivity index (χ1v) is 6.35. The molecule has 2 nitrogen and oxygen atoms in total. The maximum absolute atomic E-state index is 10.3. The van der Waals surface area contributed by atoms with E-state index in [1.165, 1.54) is 6.42 Å². The first kappa shape index (κ1) is 11.0. The first-order chi connectivity index (χ1) is 7.12. The first-order valence-electron chi connectivity index (χ1n) is 5.36. The Labute approximate surface area is 95.1 Å². The van der Waals surface area contributed by atoms with Crippen LogP contribution in [0.25, 0.3) is 0 Å². The van der Waals surface area contributed by atoms with Crippen molar-refractivity contribution in [2.24, 2.45) is 0 Å². The lowest BCUT2D eigenvalue weighted by Crippen LogP contribution is -2.26. The average Bonchev–Trinajstić information content (AvgIpc) is 2.67. The van der Waals surface area contributed by atoms with Gasteiger partial charge in [0.2, 0.25) is 0 Å². The molecule has 0 bridgehead atoms. The summed E-state index contributed by atoms with van der Waals surface area (Å²) in [4.78, 5) is 4.23. The van der Waals surface area contributed by atoms with Crippen molar-refractivity contribution in [2.45, 2.75) is 37.5 Å². The lowest BCUT2D eigenvalue weighted by molar-refractivity contribution is 0.134. The van der Waals surface area contributed by atoms with Gasteiger partial charge >= 0.3 is 0 Å². The number of rotatable bonds is 2. The van der Waals surface area contributed by atoms with Crippen LogP contribution >= 0.6 is 11.8 Å². The Bertz CT molecular complexity index is 330. The second-order valence-corrected chi connectivity index (χ2v) is 6.03. The fourth-order valence-corrected chi connectivity index (χ4v) is 3.35. The number of nitrogens with zero attached hydrogens (tertiary/aromatic N) is 1. The Kier molecular flexibility index (Phi) is 3.03. The van der Waals surface area contributed by atoms with Gasteiger partial charge in [-0.1, -0.05) is 6.07 Å². The van der Waals surface area contributed by atoms with Crippen LogP contribution in [0.3, 0.4) is 0 Å². The molecule has 1 fully saturated rings. The van der Waals surface area contributed by atoms with Crippen LogP contribution in [0.15, 0.2) is 18.3 Å². The topological polar surface area (TPSA) is 33.1 Å². The molecule has 1 aliphatic heterocycles. The van der Waals surface area contributed by atoms with E-state index in [2.05, 4.69) is 11.9 Å². The highest BCUT2D eigenvalue weighted by molar-refractivity contribution is 8.00.